The molecule has 0 bridgehead atoms. The average molecular weight is 582 g/mol. The van der Waals surface area contributed by atoms with Crippen LogP contribution in [0.4, 0.5) is 4.39 Å². The highest BCUT2D eigenvalue weighted by Gasteiger charge is 2.41. The zero-order valence-electron chi connectivity index (χ0n) is 23.3. The van der Waals surface area contributed by atoms with Gasteiger partial charge in [0.25, 0.3) is 0 Å². The summed E-state index contributed by atoms with van der Waals surface area (Å²) >= 11 is 0. The van der Waals surface area contributed by atoms with Crippen LogP contribution in [0.5, 0.6) is 0 Å². The Morgan fingerprint density at radius 3 is 2.60 bits per heavy atom. The summed E-state index contributed by atoms with van der Waals surface area (Å²) < 4.78 is 20.3. The summed E-state index contributed by atoms with van der Waals surface area (Å²) in [5, 5.41) is 32.5. The van der Waals surface area contributed by atoms with E-state index in [0.717, 1.165) is 23.4 Å². The van der Waals surface area contributed by atoms with Crippen molar-refractivity contribution in [2.24, 2.45) is 10.3 Å². The molecule has 2 saturated heterocycles. The van der Waals surface area contributed by atoms with Crippen LogP contribution in [0.25, 0.3) is 0 Å². The van der Waals surface area contributed by atoms with Gasteiger partial charge in [-0.3, -0.25) is 14.7 Å². The fraction of sp³-hybridized carbons (Fsp3) is 0.467. The normalized spacial score (nSPS) is 22.6. The van der Waals surface area contributed by atoms with Gasteiger partial charge in [0.05, 0.1) is 30.1 Å². The molecule has 3 N–H and O–H groups in total. The molecule has 3 aliphatic rings. The smallest absolute Gasteiger partial charge is 0.329 e. The van der Waals surface area contributed by atoms with Gasteiger partial charge in [-0.25, -0.2) is 9.18 Å². The van der Waals surface area contributed by atoms with E-state index >= 15 is 0 Å². The lowest BCUT2D eigenvalue weighted by Gasteiger charge is -2.41. The van der Waals surface area contributed by atoms with Crippen molar-refractivity contribution < 1.29 is 33.8 Å². The zero-order valence-corrected chi connectivity index (χ0v) is 23.3. The molecule has 42 heavy (non-hydrogen) atoms. The largest absolute Gasteiger partial charge is 0.480 e. The number of carbonyl (C=O) groups is 2. The Kier molecular flexibility index (Phi) is 9.45. The topological polar surface area (TPSA) is 136 Å². The lowest BCUT2D eigenvalue weighted by atomic mass is 9.84. The van der Waals surface area contributed by atoms with E-state index in [-0.39, 0.29) is 24.5 Å². The first-order valence-corrected chi connectivity index (χ1v) is 14.2. The fourth-order valence-corrected chi connectivity index (χ4v) is 5.81. The predicted octanol–water partition coefficient (Wildman–Crippen LogP) is 2.71. The number of hydrogen-bond acceptors (Lipinski definition) is 9. The van der Waals surface area contributed by atoms with Gasteiger partial charge in [0, 0.05) is 51.1 Å². The van der Waals surface area contributed by atoms with Gasteiger partial charge in [-0.1, -0.05) is 47.6 Å². The third kappa shape index (κ3) is 7.50. The summed E-state index contributed by atoms with van der Waals surface area (Å²) in [4.78, 5) is 29.9. The Labute approximate surface area is 243 Å². The number of nitrogens with zero attached hydrogens (tertiary/aromatic N) is 4. The van der Waals surface area contributed by atoms with Crippen molar-refractivity contribution in [1.82, 2.24) is 15.2 Å². The van der Waals surface area contributed by atoms with Gasteiger partial charge in [0.15, 0.2) is 0 Å². The van der Waals surface area contributed by atoms with Crippen LogP contribution in [0, 0.1) is 5.82 Å². The molecule has 0 amide bonds. The first kappa shape index (κ1) is 29.6. The second-order valence-corrected chi connectivity index (χ2v) is 11.0. The molecule has 0 aliphatic carbocycles. The minimum Gasteiger partial charge on any atom is -0.480 e. The number of oxime groups is 1. The molecule has 0 radical (unpaired) electrons. The Bertz CT molecular complexity index is 1310. The summed E-state index contributed by atoms with van der Waals surface area (Å²) in [6.45, 7) is 2.58. The van der Waals surface area contributed by atoms with Crippen LogP contribution in [0.3, 0.4) is 0 Å². The lowest BCUT2D eigenvalue weighted by molar-refractivity contribution is -0.159. The number of benzene rings is 2. The van der Waals surface area contributed by atoms with Crippen LogP contribution in [0.1, 0.15) is 48.4 Å². The number of nitrogens with one attached hydrogen (secondary N) is 1. The summed E-state index contributed by atoms with van der Waals surface area (Å²) in [6, 6.07) is 14.4. The molecule has 2 fully saturated rings. The Morgan fingerprint density at radius 1 is 1.12 bits per heavy atom. The molecular formula is C30H36FN5O6. The number of likely N-dealkylation sites (tertiary alicyclic amines) is 1. The van der Waals surface area contributed by atoms with Crippen molar-refractivity contribution in [3.05, 3.63) is 71.0 Å². The third-order valence-corrected chi connectivity index (χ3v) is 8.04. The van der Waals surface area contributed by atoms with Crippen molar-refractivity contribution in [2.75, 3.05) is 45.9 Å². The van der Waals surface area contributed by atoms with Gasteiger partial charge in [-0.05, 0) is 30.0 Å². The van der Waals surface area contributed by atoms with Crippen molar-refractivity contribution >= 4 is 23.9 Å². The average Bonchev–Trinajstić information content (AvgIpc) is 3.45. The van der Waals surface area contributed by atoms with Crippen LogP contribution in [-0.4, -0.2) is 102 Å². The van der Waals surface area contributed by atoms with E-state index in [2.05, 4.69) is 15.6 Å². The molecule has 0 aromatic heterocycles. The number of carboxylic acids is 2. The van der Waals surface area contributed by atoms with Crippen molar-refractivity contribution in [2.45, 2.75) is 43.4 Å². The summed E-state index contributed by atoms with van der Waals surface area (Å²) in [5.74, 6) is -2.18. The van der Waals surface area contributed by atoms with Crippen LogP contribution >= 0.6 is 0 Å². The summed E-state index contributed by atoms with van der Waals surface area (Å²) in [6.07, 6.45) is 3.55. The maximum absolute atomic E-state index is 14.4. The number of piperidine rings is 1. The molecular weight excluding hydrogens is 545 g/mol. The molecule has 11 nitrogen and oxygen atoms in total. The molecule has 3 heterocycles. The second-order valence-electron chi connectivity index (χ2n) is 11.0. The minimum atomic E-state index is -1.05. The number of hydrazone groups is 1. The monoisotopic (exact) mass is 581 g/mol. The highest BCUT2D eigenvalue weighted by Crippen LogP contribution is 2.35. The number of hydrogen-bond donors (Lipinski definition) is 3. The van der Waals surface area contributed by atoms with Gasteiger partial charge in [-0.2, -0.15) is 5.10 Å². The maximum atomic E-state index is 14.4. The number of ether oxygens (including phenoxy) is 1. The number of rotatable bonds is 11. The van der Waals surface area contributed by atoms with Crippen LogP contribution < -0.4 is 5.32 Å². The molecule has 5 rings (SSSR count). The molecule has 2 unspecified atom stereocenters. The summed E-state index contributed by atoms with van der Waals surface area (Å²) in [7, 11) is 0. The van der Waals surface area contributed by atoms with Crippen LogP contribution in [-0.2, 0) is 19.2 Å². The van der Waals surface area contributed by atoms with Crippen molar-refractivity contribution in [3.8, 4) is 0 Å². The van der Waals surface area contributed by atoms with Crippen molar-refractivity contribution in [3.63, 3.8) is 0 Å². The third-order valence-electron chi connectivity index (χ3n) is 8.04. The number of aliphatic carboxylic acids is 2. The molecule has 224 valence electrons. The molecule has 2 aromatic rings. The first-order chi connectivity index (χ1) is 20.3. The predicted molar refractivity (Wildman–Crippen MR) is 153 cm³/mol. The fourth-order valence-electron chi connectivity index (χ4n) is 5.81. The van der Waals surface area contributed by atoms with E-state index in [9.17, 15) is 19.1 Å². The van der Waals surface area contributed by atoms with E-state index in [4.69, 9.17) is 14.7 Å². The van der Waals surface area contributed by atoms with Gasteiger partial charge in [0.1, 0.15) is 18.5 Å². The highest BCUT2D eigenvalue weighted by atomic mass is 19.1. The molecule has 0 spiro atoms. The van der Waals surface area contributed by atoms with Gasteiger partial charge >= 0.3 is 11.9 Å². The Balaban J connectivity index is 1.18. The van der Waals surface area contributed by atoms with E-state index in [1.54, 1.807) is 18.3 Å². The number of carboxylic acid groups (broad SMARTS) is 2. The van der Waals surface area contributed by atoms with Gasteiger partial charge in [0.2, 0.25) is 0 Å². The minimum absolute atomic E-state index is 0.0513. The standard InChI is InChI=1S/C30H36FN5O6/c31-25-4-2-1-3-24(25)27-18-32-11-14-36(27)33-17-21-5-7-22(8-6-21)26-15-23(42-34-26)16-30(41-20-29(39)40)9-12-35(13-10-30)19-28(37)38/h1-8,17,23,27,32H,9-16,18-20H2,(H,37,38)(H,39,40)/b33-17+. The van der Waals surface area contributed by atoms with Crippen molar-refractivity contribution in [1.29, 1.82) is 0 Å². The Hall–Kier alpha value is -3.87. The zero-order chi connectivity index (χ0) is 29.5. The molecule has 12 heteroatoms. The molecule has 3 aliphatic heterocycles. The molecule has 2 aromatic carbocycles. The van der Waals surface area contributed by atoms with E-state index < -0.39 is 24.1 Å². The molecule has 0 saturated carbocycles. The number of halogens is 1. The van der Waals surface area contributed by atoms with E-state index in [0.29, 0.717) is 57.4 Å². The quantitative estimate of drug-likeness (QED) is 0.342. The first-order valence-electron chi connectivity index (χ1n) is 14.2. The number of piperazine rings is 1. The highest BCUT2D eigenvalue weighted by molar-refractivity contribution is 6.01. The molecule has 2 atom stereocenters. The van der Waals surface area contributed by atoms with Gasteiger partial charge in [-0.15, -0.1) is 0 Å². The lowest BCUT2D eigenvalue weighted by Crippen LogP contribution is -2.49. The van der Waals surface area contributed by atoms with Crippen LogP contribution in [0.15, 0.2) is 58.8 Å². The van der Waals surface area contributed by atoms with Crippen LogP contribution in [0.2, 0.25) is 0 Å². The SMILES string of the molecule is O=C(O)COC1(CC2CC(c3ccc(/C=N/N4CCNCC4c4ccccc4F)cc3)=NO2)CCN(CC(=O)O)CC1. The second kappa shape index (κ2) is 13.4. The van der Waals surface area contributed by atoms with E-state index in [1.165, 1.54) is 6.07 Å². The Morgan fingerprint density at radius 2 is 1.88 bits per heavy atom. The van der Waals surface area contributed by atoms with E-state index in [1.807, 2.05) is 40.2 Å². The van der Waals surface area contributed by atoms with Gasteiger partial charge < -0.3 is 25.1 Å². The summed E-state index contributed by atoms with van der Waals surface area (Å²) in [5.41, 5.74) is 2.51. The maximum Gasteiger partial charge on any atom is 0.329 e.